The van der Waals surface area contributed by atoms with Crippen molar-refractivity contribution in [1.82, 2.24) is 0 Å². The first-order valence-corrected chi connectivity index (χ1v) is 4.24. The number of rotatable bonds is 0. The molecule has 0 spiro atoms. The third-order valence-corrected chi connectivity index (χ3v) is 0. The average Bonchev–Trinajstić information content (AvgIpc) is 0.918. The second-order valence-electron chi connectivity index (χ2n) is 0.707. The van der Waals surface area contributed by atoms with Crippen LogP contribution in [0.25, 0.3) is 0 Å². The van der Waals surface area contributed by atoms with Crippen molar-refractivity contribution in [3.8, 4) is 0 Å². The monoisotopic (exact) mass is 66.1 g/mol. The normalized spacial score (nSPS) is 3.50. The molecule has 0 radical (unpaired) electrons. The van der Waals surface area contributed by atoms with Crippen LogP contribution in [0.1, 0.15) is 1.43 Å². The van der Waals surface area contributed by atoms with Gasteiger partial charge >= 0.3 is 18.9 Å². The van der Waals surface area contributed by atoms with E-state index in [2.05, 4.69) is 11.6 Å². The fraction of sp³-hybridized carbons (Fsp3) is 1.00. The van der Waals surface area contributed by atoms with Crippen LogP contribution in [0.5, 0.6) is 0 Å². The summed E-state index contributed by atoms with van der Waals surface area (Å²) in [5.74, 6) is 4.53. The summed E-state index contributed by atoms with van der Waals surface area (Å²) in [5, 5.41) is 0. The molecule has 0 aromatic carbocycles. The summed E-state index contributed by atoms with van der Waals surface area (Å²) in [5.41, 5.74) is 0. The van der Waals surface area contributed by atoms with Crippen molar-refractivity contribution in [3.63, 3.8) is 0 Å². The van der Waals surface area contributed by atoms with Gasteiger partial charge in [-0.15, -0.1) is 11.6 Å². The first-order chi connectivity index (χ1) is 1.41. The Bertz CT molecular complexity index is 9.61. The van der Waals surface area contributed by atoms with E-state index in [1.165, 1.54) is 0 Å². The van der Waals surface area contributed by atoms with Crippen molar-refractivity contribution in [2.75, 3.05) is 0 Å². The van der Waals surface area contributed by atoms with E-state index < -0.39 is 0 Å². The fourth-order valence-corrected chi connectivity index (χ4v) is 0. The van der Waals surface area contributed by atoms with Gasteiger partial charge in [0.1, 0.15) is 0 Å². The van der Waals surface area contributed by atoms with Gasteiger partial charge in [-0.1, -0.05) is 0 Å². The Kier molecular flexibility index (Phi) is 19.9. The van der Waals surface area contributed by atoms with Crippen LogP contribution in [0, 0.1) is 0 Å². The van der Waals surface area contributed by atoms with Gasteiger partial charge in [-0.25, -0.2) is 0 Å². The molecule has 0 rings (SSSR count). The van der Waals surface area contributed by atoms with E-state index in [1.807, 2.05) is 0 Å². The minimum absolute atomic E-state index is 0. The van der Waals surface area contributed by atoms with E-state index >= 15 is 0 Å². The molecular formula is C2H8AlLi. The summed E-state index contributed by atoms with van der Waals surface area (Å²) in [7, 11) is 0. The van der Waals surface area contributed by atoms with Crippen molar-refractivity contribution < 1.29 is 20.3 Å². The molecule has 4 heavy (non-hydrogen) atoms. The molecule has 0 N–H and O–H groups in total. The maximum absolute atomic E-state index is 2.26. The van der Waals surface area contributed by atoms with Gasteiger partial charge in [-0.2, -0.15) is 0 Å². The van der Waals surface area contributed by atoms with Gasteiger partial charge in [0.15, 0.2) is 0 Å². The second kappa shape index (κ2) is 8.92. The zero-order chi connectivity index (χ0) is 2.71. The molecule has 0 aromatic heterocycles. The van der Waals surface area contributed by atoms with E-state index in [-0.39, 0.29) is 20.3 Å². The van der Waals surface area contributed by atoms with E-state index in [0.717, 1.165) is 0 Å². The Morgan fingerprint density at radius 1 is 1.50 bits per heavy atom. The minimum Gasteiger partial charge on any atom is -1.00 e. The first-order valence-electron chi connectivity index (χ1n) is 1.41. The van der Waals surface area contributed by atoms with Crippen LogP contribution in [-0.4, -0.2) is 15.2 Å². The van der Waals surface area contributed by atoms with Gasteiger partial charge in [0, 0.05) is 0 Å². The maximum atomic E-state index is 2.26. The van der Waals surface area contributed by atoms with Gasteiger partial charge in [-0.05, 0) is 0 Å². The second-order valence-corrected chi connectivity index (χ2v) is 2.12. The standard InChI is InChI=1S/2CH3.Al.Li.2H/h2*1H3;;;;/q;;;+1;;-1. The Hall–Kier alpha value is 1.13. The van der Waals surface area contributed by atoms with E-state index in [1.54, 1.807) is 0 Å². The van der Waals surface area contributed by atoms with E-state index in [0.29, 0.717) is 15.2 Å². The van der Waals surface area contributed by atoms with Gasteiger partial charge in [0.05, 0.1) is 0 Å². The van der Waals surface area contributed by atoms with Crippen LogP contribution >= 0.6 is 0 Å². The summed E-state index contributed by atoms with van der Waals surface area (Å²) >= 11 is 0.417. The van der Waals surface area contributed by atoms with Crippen molar-refractivity contribution in [2.45, 2.75) is 11.6 Å². The van der Waals surface area contributed by atoms with E-state index in [9.17, 15) is 0 Å². The fourth-order valence-electron chi connectivity index (χ4n) is 0. The van der Waals surface area contributed by atoms with Crippen molar-refractivity contribution >= 4 is 15.2 Å². The predicted molar refractivity (Wildman–Crippen MR) is 20.0 cm³/mol. The smallest absolute Gasteiger partial charge is 1.00 e. The molecule has 0 amide bonds. The average molecular weight is 66.0 g/mol. The van der Waals surface area contributed by atoms with Crippen molar-refractivity contribution in [3.05, 3.63) is 0 Å². The molecule has 0 saturated carbocycles. The van der Waals surface area contributed by atoms with Gasteiger partial charge in [0.25, 0.3) is 0 Å². The van der Waals surface area contributed by atoms with Crippen molar-refractivity contribution in [2.24, 2.45) is 0 Å². The molecule has 0 aromatic rings. The third kappa shape index (κ3) is 11.1. The zero-order valence-electron chi connectivity index (χ0n) is 4.71. The molecule has 0 aliphatic rings. The molecule has 2 heteroatoms. The summed E-state index contributed by atoms with van der Waals surface area (Å²) in [4.78, 5) is 0. The third-order valence-electron chi connectivity index (χ3n) is 0. The number of hydrogen-bond donors (Lipinski definition) is 0. The molecule has 20 valence electrons. The van der Waals surface area contributed by atoms with Crippen LogP contribution in [0.4, 0.5) is 0 Å². The Morgan fingerprint density at radius 2 is 1.50 bits per heavy atom. The molecule has 0 heterocycles. The van der Waals surface area contributed by atoms with Crippen LogP contribution < -0.4 is 18.9 Å². The minimum atomic E-state index is 0. The molecule has 0 nitrogen and oxygen atoms in total. The summed E-state index contributed by atoms with van der Waals surface area (Å²) < 4.78 is 0. The molecule has 0 aliphatic heterocycles. The summed E-state index contributed by atoms with van der Waals surface area (Å²) in [6, 6.07) is 0. The molecule has 0 saturated heterocycles. The van der Waals surface area contributed by atoms with Gasteiger partial charge in [0.2, 0.25) is 15.2 Å². The Balaban J connectivity index is -0.0000000200. The van der Waals surface area contributed by atoms with Crippen LogP contribution in [-0.2, 0) is 0 Å². The first kappa shape index (κ1) is 8.93. The zero-order valence-corrected chi connectivity index (χ0v) is 5.12. The molecule has 0 aliphatic carbocycles. The SMILES string of the molecule is [CH3][AlH][CH3].[H-].[Li+]. The molecule has 0 fully saturated rings. The molecule has 0 unspecified atom stereocenters. The van der Waals surface area contributed by atoms with Crippen LogP contribution in [0.3, 0.4) is 0 Å². The molecule has 0 atom stereocenters. The quantitative estimate of drug-likeness (QED) is 0.277. The number of hydrogen-bond acceptors (Lipinski definition) is 0. The Labute approximate surface area is 47.3 Å². The molecular weight excluding hydrogens is 57.9 g/mol. The maximum Gasteiger partial charge on any atom is 1.00 e. The Morgan fingerprint density at radius 3 is 1.50 bits per heavy atom. The van der Waals surface area contributed by atoms with Crippen LogP contribution in [0.2, 0.25) is 11.6 Å². The summed E-state index contributed by atoms with van der Waals surface area (Å²) in [6.45, 7) is 0. The predicted octanol–water partition coefficient (Wildman–Crippen LogP) is -2.36. The van der Waals surface area contributed by atoms with E-state index in [4.69, 9.17) is 0 Å². The van der Waals surface area contributed by atoms with Crippen LogP contribution in [0.15, 0.2) is 0 Å². The summed E-state index contributed by atoms with van der Waals surface area (Å²) in [6.07, 6.45) is 0. The van der Waals surface area contributed by atoms with Gasteiger partial charge < -0.3 is 1.43 Å². The van der Waals surface area contributed by atoms with Crippen molar-refractivity contribution in [1.29, 1.82) is 0 Å². The topological polar surface area (TPSA) is 0 Å². The largest absolute Gasteiger partial charge is 1.00 e. The molecule has 0 bridgehead atoms. The van der Waals surface area contributed by atoms with Gasteiger partial charge in [-0.3, -0.25) is 0 Å².